The van der Waals surface area contributed by atoms with Gasteiger partial charge in [-0.25, -0.2) is 0 Å². The van der Waals surface area contributed by atoms with Crippen molar-refractivity contribution in [2.45, 2.75) is 40.2 Å². The van der Waals surface area contributed by atoms with Crippen LogP contribution in [-0.4, -0.2) is 16.4 Å². The van der Waals surface area contributed by atoms with Gasteiger partial charge in [0.25, 0.3) is 5.91 Å². The number of benzene rings is 1. The van der Waals surface area contributed by atoms with E-state index >= 15 is 0 Å². The number of nitrogens with one attached hydrogen (secondary N) is 2. The summed E-state index contributed by atoms with van der Waals surface area (Å²) in [6, 6.07) is 7.38. The number of nitrogens with zero attached hydrogens (tertiary/aromatic N) is 1. The molecule has 0 aliphatic carbocycles. The summed E-state index contributed by atoms with van der Waals surface area (Å²) in [6.45, 7) is 10.1. The van der Waals surface area contributed by atoms with Crippen LogP contribution in [0.4, 0.5) is 11.4 Å². The van der Waals surface area contributed by atoms with E-state index in [0.717, 1.165) is 16.8 Å². The first-order valence-electron chi connectivity index (χ1n) is 7.48. The lowest BCUT2D eigenvalue weighted by molar-refractivity contribution is 0.102. The highest BCUT2D eigenvalue weighted by atomic mass is 35.5. The first-order chi connectivity index (χ1) is 10.7. The quantitative estimate of drug-likeness (QED) is 0.848. The first kappa shape index (κ1) is 17.3. The molecule has 0 unspecified atom stereocenters. The van der Waals surface area contributed by atoms with Crippen LogP contribution in [0.15, 0.2) is 30.5 Å². The van der Waals surface area contributed by atoms with Gasteiger partial charge in [0.2, 0.25) is 0 Å². The van der Waals surface area contributed by atoms with Crippen LogP contribution < -0.4 is 10.6 Å². The van der Waals surface area contributed by atoms with Gasteiger partial charge in [0.05, 0.1) is 10.7 Å². The van der Waals surface area contributed by atoms with Crippen molar-refractivity contribution in [3.63, 3.8) is 0 Å². The molecule has 0 saturated carbocycles. The number of rotatable bonds is 3. The lowest BCUT2D eigenvalue weighted by atomic mass is 10.1. The Bertz CT molecular complexity index is 712. The maximum absolute atomic E-state index is 12.5. The minimum absolute atomic E-state index is 0.0913. The highest BCUT2D eigenvalue weighted by molar-refractivity contribution is 6.34. The predicted octanol–water partition coefficient (Wildman–Crippen LogP) is 4.81. The van der Waals surface area contributed by atoms with Gasteiger partial charge in [-0.15, -0.1) is 0 Å². The molecule has 0 atom stereocenters. The maximum Gasteiger partial charge on any atom is 0.274 e. The summed E-state index contributed by atoms with van der Waals surface area (Å²) in [7, 11) is 0. The summed E-state index contributed by atoms with van der Waals surface area (Å²) < 4.78 is 0. The number of amides is 1. The Morgan fingerprint density at radius 1 is 1.17 bits per heavy atom. The monoisotopic (exact) mass is 331 g/mol. The molecular formula is C18H22ClN3O. The van der Waals surface area contributed by atoms with Crippen molar-refractivity contribution in [1.29, 1.82) is 0 Å². The van der Waals surface area contributed by atoms with E-state index in [1.54, 1.807) is 12.3 Å². The highest BCUT2D eigenvalue weighted by Gasteiger charge is 2.14. The second-order valence-corrected chi connectivity index (χ2v) is 7.10. The fourth-order valence-electron chi connectivity index (χ4n) is 2.32. The second kappa shape index (κ2) is 6.59. The zero-order valence-corrected chi connectivity index (χ0v) is 14.9. The van der Waals surface area contributed by atoms with Crippen molar-refractivity contribution in [3.8, 4) is 0 Å². The van der Waals surface area contributed by atoms with Crippen molar-refractivity contribution in [3.05, 3.63) is 52.3 Å². The Kier molecular flexibility index (Phi) is 4.95. The van der Waals surface area contributed by atoms with Crippen LogP contribution in [0.2, 0.25) is 5.02 Å². The highest BCUT2D eigenvalue weighted by Crippen LogP contribution is 2.27. The lowest BCUT2D eigenvalue weighted by Crippen LogP contribution is -2.26. The third-order valence-corrected chi connectivity index (χ3v) is 3.48. The number of anilines is 2. The molecule has 0 aliphatic heterocycles. The molecule has 1 amide bonds. The van der Waals surface area contributed by atoms with Gasteiger partial charge >= 0.3 is 0 Å². The van der Waals surface area contributed by atoms with Gasteiger partial charge in [0, 0.05) is 17.4 Å². The van der Waals surface area contributed by atoms with E-state index in [0.29, 0.717) is 16.4 Å². The van der Waals surface area contributed by atoms with E-state index in [1.807, 2.05) is 32.0 Å². The number of pyridine rings is 1. The summed E-state index contributed by atoms with van der Waals surface area (Å²) in [5.74, 6) is -0.281. The average molecular weight is 332 g/mol. The smallest absolute Gasteiger partial charge is 0.274 e. The van der Waals surface area contributed by atoms with Crippen molar-refractivity contribution in [2.75, 3.05) is 10.6 Å². The summed E-state index contributed by atoms with van der Waals surface area (Å²) in [4.78, 5) is 16.6. The third-order valence-electron chi connectivity index (χ3n) is 3.18. The minimum atomic E-state index is -0.281. The van der Waals surface area contributed by atoms with Gasteiger partial charge in [0.1, 0.15) is 5.69 Å². The molecule has 2 aromatic rings. The van der Waals surface area contributed by atoms with Crippen molar-refractivity contribution in [2.24, 2.45) is 0 Å². The third kappa shape index (κ3) is 4.70. The maximum atomic E-state index is 12.5. The zero-order chi connectivity index (χ0) is 17.2. The molecule has 0 aliphatic rings. The van der Waals surface area contributed by atoms with Gasteiger partial charge in [0.15, 0.2) is 0 Å². The van der Waals surface area contributed by atoms with Gasteiger partial charge in [-0.2, -0.15) is 0 Å². The fourth-order valence-corrected chi connectivity index (χ4v) is 2.69. The molecule has 0 radical (unpaired) electrons. The van der Waals surface area contributed by atoms with Crippen LogP contribution in [0, 0.1) is 13.8 Å². The summed E-state index contributed by atoms with van der Waals surface area (Å²) >= 11 is 6.24. The first-order valence-corrected chi connectivity index (χ1v) is 7.86. The van der Waals surface area contributed by atoms with E-state index in [9.17, 15) is 4.79 Å². The summed E-state index contributed by atoms with van der Waals surface area (Å²) in [5, 5.41) is 6.70. The molecular weight excluding hydrogens is 310 g/mol. The standard InChI is InChI=1S/C18H22ClN3O/c1-11-8-12(2)16(14(19)9-11)21-17(23)15-10-13(6-7-20-15)22-18(3,4)5/h6-10H,1-5H3,(H,20,22)(H,21,23). The number of carbonyl (C=O) groups is 1. The molecule has 0 saturated heterocycles. The molecule has 23 heavy (non-hydrogen) atoms. The largest absolute Gasteiger partial charge is 0.380 e. The van der Waals surface area contributed by atoms with Crippen LogP contribution in [0.5, 0.6) is 0 Å². The van der Waals surface area contributed by atoms with Gasteiger partial charge < -0.3 is 10.6 Å². The van der Waals surface area contributed by atoms with Crippen molar-refractivity contribution < 1.29 is 4.79 Å². The van der Waals surface area contributed by atoms with Crippen LogP contribution in [0.25, 0.3) is 0 Å². The van der Waals surface area contributed by atoms with E-state index in [1.165, 1.54) is 0 Å². The van der Waals surface area contributed by atoms with Crippen molar-refractivity contribution in [1.82, 2.24) is 4.98 Å². The Labute approximate surface area is 142 Å². The summed E-state index contributed by atoms with van der Waals surface area (Å²) in [5.41, 5.74) is 3.71. The summed E-state index contributed by atoms with van der Waals surface area (Å²) in [6.07, 6.45) is 1.62. The Morgan fingerprint density at radius 2 is 1.87 bits per heavy atom. The molecule has 5 heteroatoms. The number of halogens is 1. The number of hydrogen-bond donors (Lipinski definition) is 2. The van der Waals surface area contributed by atoms with Gasteiger partial charge in [-0.3, -0.25) is 9.78 Å². The Morgan fingerprint density at radius 3 is 2.48 bits per heavy atom. The normalized spacial score (nSPS) is 11.2. The molecule has 2 N–H and O–H groups in total. The Hall–Kier alpha value is -2.07. The number of hydrogen-bond acceptors (Lipinski definition) is 3. The van der Waals surface area contributed by atoms with E-state index in [4.69, 9.17) is 11.6 Å². The van der Waals surface area contributed by atoms with E-state index in [2.05, 4.69) is 36.4 Å². The van der Waals surface area contributed by atoms with Gasteiger partial charge in [-0.1, -0.05) is 17.7 Å². The fraction of sp³-hybridized carbons (Fsp3) is 0.333. The van der Waals surface area contributed by atoms with Crippen LogP contribution in [0.1, 0.15) is 42.4 Å². The molecule has 1 aromatic carbocycles. The molecule has 2 rings (SSSR count). The number of carbonyl (C=O) groups excluding carboxylic acids is 1. The van der Waals surface area contributed by atoms with E-state index < -0.39 is 0 Å². The topological polar surface area (TPSA) is 54.0 Å². The average Bonchev–Trinajstić information content (AvgIpc) is 2.41. The molecule has 4 nitrogen and oxygen atoms in total. The molecule has 1 heterocycles. The minimum Gasteiger partial charge on any atom is -0.380 e. The lowest BCUT2D eigenvalue weighted by Gasteiger charge is -2.22. The molecule has 122 valence electrons. The molecule has 0 spiro atoms. The number of aryl methyl sites for hydroxylation is 2. The Balaban J connectivity index is 2.23. The van der Waals surface area contributed by atoms with Crippen LogP contribution in [-0.2, 0) is 0 Å². The van der Waals surface area contributed by atoms with Crippen LogP contribution >= 0.6 is 11.6 Å². The zero-order valence-electron chi connectivity index (χ0n) is 14.1. The number of aromatic nitrogens is 1. The molecule has 0 bridgehead atoms. The van der Waals surface area contributed by atoms with E-state index in [-0.39, 0.29) is 11.4 Å². The van der Waals surface area contributed by atoms with Crippen LogP contribution in [0.3, 0.4) is 0 Å². The SMILES string of the molecule is Cc1cc(C)c(NC(=O)c2cc(NC(C)(C)C)ccn2)c(Cl)c1. The molecule has 1 aromatic heterocycles. The predicted molar refractivity (Wildman–Crippen MR) is 96.5 cm³/mol. The second-order valence-electron chi connectivity index (χ2n) is 6.70. The van der Waals surface area contributed by atoms with Crippen molar-refractivity contribution >= 4 is 28.9 Å². The van der Waals surface area contributed by atoms with Gasteiger partial charge in [-0.05, 0) is 63.9 Å². The molecule has 0 fully saturated rings.